The van der Waals surface area contributed by atoms with Crippen LogP contribution in [0.4, 0.5) is 0 Å². The van der Waals surface area contributed by atoms with E-state index in [9.17, 15) is 10.2 Å². The van der Waals surface area contributed by atoms with E-state index >= 15 is 0 Å². The summed E-state index contributed by atoms with van der Waals surface area (Å²) in [4.78, 5) is 0. The average Bonchev–Trinajstić information content (AvgIpc) is 3.17. The van der Waals surface area contributed by atoms with Gasteiger partial charge in [0.05, 0.1) is 0 Å². The molecule has 2 heteroatoms. The van der Waals surface area contributed by atoms with Crippen LogP contribution in [0.2, 0.25) is 0 Å². The number of rotatable bonds is 4. The van der Waals surface area contributed by atoms with Gasteiger partial charge in [0, 0.05) is 0 Å². The zero-order valence-electron chi connectivity index (χ0n) is 27.1. The van der Waals surface area contributed by atoms with Gasteiger partial charge in [-0.15, -0.1) is 0 Å². The van der Waals surface area contributed by atoms with Crippen molar-refractivity contribution < 1.29 is 10.2 Å². The zero-order valence-corrected chi connectivity index (χ0v) is 27.1. The second kappa shape index (κ2) is 10.2. The molecule has 11 rings (SSSR count). The highest BCUT2D eigenvalue weighted by molar-refractivity contribution is 6.34. The van der Waals surface area contributed by atoms with E-state index in [1.165, 1.54) is 64.6 Å². The van der Waals surface area contributed by atoms with Crippen molar-refractivity contribution >= 4 is 86.2 Å². The van der Waals surface area contributed by atoms with E-state index in [1.807, 2.05) is 24.3 Å². The quantitative estimate of drug-likeness (QED) is 0.149. The Morgan fingerprint density at radius 3 is 0.940 bits per heavy atom. The van der Waals surface area contributed by atoms with Crippen molar-refractivity contribution in [1.82, 2.24) is 0 Å². The predicted octanol–water partition coefficient (Wildman–Crippen LogP) is 12.0. The summed E-state index contributed by atoms with van der Waals surface area (Å²) in [6, 6.07) is 55.3. The Kier molecular flexibility index (Phi) is 5.70. The molecule has 0 bridgehead atoms. The summed E-state index contributed by atoms with van der Waals surface area (Å²) in [6.45, 7) is 0. The van der Waals surface area contributed by atoms with Crippen LogP contribution in [0, 0.1) is 0 Å². The van der Waals surface area contributed by atoms with Crippen molar-refractivity contribution in [1.29, 1.82) is 0 Å². The first kappa shape index (κ1) is 27.8. The van der Waals surface area contributed by atoms with E-state index in [0.717, 1.165) is 43.8 Å². The molecule has 2 unspecified atom stereocenters. The maximum atomic E-state index is 12.0. The Bertz CT molecular complexity index is 2920. The van der Waals surface area contributed by atoms with Gasteiger partial charge < -0.3 is 10.2 Å². The van der Waals surface area contributed by atoms with Crippen LogP contribution in [0.5, 0.6) is 0 Å². The highest BCUT2D eigenvalue weighted by Crippen LogP contribution is 2.44. The second-order valence-electron chi connectivity index (χ2n) is 13.8. The van der Waals surface area contributed by atoms with E-state index in [-0.39, 0.29) is 0 Å². The lowest BCUT2D eigenvalue weighted by atomic mass is 9.86. The van der Waals surface area contributed by atoms with Crippen molar-refractivity contribution in [3.8, 4) is 0 Å². The van der Waals surface area contributed by atoms with E-state index in [2.05, 4.69) is 133 Å². The molecule has 0 aromatic heterocycles. The number of aliphatic hydroxyl groups excluding tert-OH is 2. The Hall–Kier alpha value is -6.06. The Morgan fingerprint density at radius 2 is 0.560 bits per heavy atom. The van der Waals surface area contributed by atoms with Crippen LogP contribution in [0.15, 0.2) is 158 Å². The number of aliphatic hydroxyl groups is 2. The SMILES string of the molecule is OC(c1cccc(C(O)c2cc3cccc4c5cccc6cccc(c(c2)c34)c65)c1)c1cc2cccc3c4cccc5cccc(c(c1)c23)c54. The molecule has 11 aromatic carbocycles. The molecular weight excluding hydrogens is 609 g/mol. The molecule has 2 atom stereocenters. The fourth-order valence-electron chi connectivity index (χ4n) is 8.96. The van der Waals surface area contributed by atoms with Crippen molar-refractivity contribution in [2.24, 2.45) is 0 Å². The van der Waals surface area contributed by atoms with Crippen LogP contribution < -0.4 is 0 Å². The van der Waals surface area contributed by atoms with Gasteiger partial charge in [0.2, 0.25) is 0 Å². The van der Waals surface area contributed by atoms with Gasteiger partial charge in [-0.3, -0.25) is 0 Å². The van der Waals surface area contributed by atoms with E-state index in [4.69, 9.17) is 0 Å². The highest BCUT2D eigenvalue weighted by atomic mass is 16.3. The highest BCUT2D eigenvalue weighted by Gasteiger charge is 2.21. The molecule has 2 N–H and O–H groups in total. The molecule has 234 valence electrons. The molecule has 0 aliphatic rings. The first-order chi connectivity index (χ1) is 24.6. The van der Waals surface area contributed by atoms with Gasteiger partial charge in [-0.2, -0.15) is 0 Å². The fourth-order valence-corrected chi connectivity index (χ4v) is 8.96. The minimum atomic E-state index is -0.864. The standard InChI is InChI=1S/C48H30O2/c49-47(33-22-29-12-6-18-37-35-16-2-8-27-10-4-20-39(43(27)35)41(25-33)45(29)37)31-14-1-15-32(24-31)48(50)34-23-30-13-7-19-38-36-17-3-9-28-11-5-21-40(44(28)36)42(26-34)46(30)38/h1-26,47-50H. The molecule has 0 aliphatic carbocycles. The number of hydrogen-bond acceptors (Lipinski definition) is 2. The lowest BCUT2D eigenvalue weighted by Crippen LogP contribution is -2.04. The van der Waals surface area contributed by atoms with Crippen LogP contribution in [-0.2, 0) is 0 Å². The van der Waals surface area contributed by atoms with Crippen LogP contribution in [-0.4, -0.2) is 10.2 Å². The van der Waals surface area contributed by atoms with Crippen LogP contribution in [0.3, 0.4) is 0 Å². The first-order valence-corrected chi connectivity index (χ1v) is 17.3. The molecule has 0 saturated carbocycles. The molecule has 0 saturated heterocycles. The molecule has 2 nitrogen and oxygen atoms in total. The van der Waals surface area contributed by atoms with E-state index < -0.39 is 12.2 Å². The number of fused-ring (bicyclic) bond motifs is 4. The Labute approximate surface area is 287 Å². The van der Waals surface area contributed by atoms with Gasteiger partial charge >= 0.3 is 0 Å². The Morgan fingerprint density at radius 1 is 0.260 bits per heavy atom. The monoisotopic (exact) mass is 638 g/mol. The topological polar surface area (TPSA) is 40.5 Å². The summed E-state index contributed by atoms with van der Waals surface area (Å²) in [6.07, 6.45) is -1.73. The van der Waals surface area contributed by atoms with Crippen molar-refractivity contribution in [2.75, 3.05) is 0 Å². The summed E-state index contributed by atoms with van der Waals surface area (Å²) in [5, 5.41) is 43.2. The number of hydrogen-bond donors (Lipinski definition) is 2. The van der Waals surface area contributed by atoms with Gasteiger partial charge in [-0.25, -0.2) is 0 Å². The van der Waals surface area contributed by atoms with Gasteiger partial charge in [-0.1, -0.05) is 127 Å². The van der Waals surface area contributed by atoms with Crippen LogP contribution in [0.1, 0.15) is 34.5 Å². The average molecular weight is 639 g/mol. The Balaban J connectivity index is 1.05. The van der Waals surface area contributed by atoms with Crippen LogP contribution in [0.25, 0.3) is 86.2 Å². The summed E-state index contributed by atoms with van der Waals surface area (Å²) in [7, 11) is 0. The molecule has 0 radical (unpaired) electrons. The molecule has 0 amide bonds. The fraction of sp³-hybridized carbons (Fsp3) is 0.0417. The van der Waals surface area contributed by atoms with Crippen LogP contribution >= 0.6 is 0 Å². The smallest absolute Gasteiger partial charge is 0.104 e. The normalized spacial score (nSPS) is 13.6. The maximum absolute atomic E-state index is 12.0. The molecule has 0 spiro atoms. The third-order valence-electron chi connectivity index (χ3n) is 11.1. The van der Waals surface area contributed by atoms with Gasteiger partial charge in [0.1, 0.15) is 12.2 Å². The zero-order chi connectivity index (χ0) is 33.1. The van der Waals surface area contributed by atoms with Gasteiger partial charge in [0.25, 0.3) is 0 Å². The maximum Gasteiger partial charge on any atom is 0.104 e. The third kappa shape index (κ3) is 3.80. The summed E-state index contributed by atoms with van der Waals surface area (Å²) in [5.41, 5.74) is 3.17. The number of benzene rings is 11. The minimum absolute atomic E-state index is 0.752. The molecule has 0 heterocycles. The molecular formula is C48H30O2. The summed E-state index contributed by atoms with van der Waals surface area (Å²) >= 11 is 0. The van der Waals surface area contributed by atoms with Crippen molar-refractivity contribution in [2.45, 2.75) is 12.2 Å². The summed E-state index contributed by atoms with van der Waals surface area (Å²) in [5.74, 6) is 0. The van der Waals surface area contributed by atoms with Gasteiger partial charge in [-0.05, 0) is 139 Å². The van der Waals surface area contributed by atoms with Crippen molar-refractivity contribution in [3.63, 3.8) is 0 Å². The summed E-state index contributed by atoms with van der Waals surface area (Å²) < 4.78 is 0. The van der Waals surface area contributed by atoms with E-state index in [1.54, 1.807) is 0 Å². The first-order valence-electron chi connectivity index (χ1n) is 17.3. The molecule has 50 heavy (non-hydrogen) atoms. The molecule has 0 aliphatic heterocycles. The largest absolute Gasteiger partial charge is 0.384 e. The lowest BCUT2D eigenvalue weighted by Gasteiger charge is -2.20. The minimum Gasteiger partial charge on any atom is -0.384 e. The second-order valence-corrected chi connectivity index (χ2v) is 13.8. The van der Waals surface area contributed by atoms with Gasteiger partial charge in [0.15, 0.2) is 0 Å². The predicted molar refractivity (Wildman–Crippen MR) is 210 cm³/mol. The molecule has 0 fully saturated rings. The van der Waals surface area contributed by atoms with Crippen molar-refractivity contribution in [3.05, 3.63) is 180 Å². The van der Waals surface area contributed by atoms with E-state index in [0.29, 0.717) is 0 Å². The third-order valence-corrected chi connectivity index (χ3v) is 11.1. The lowest BCUT2D eigenvalue weighted by molar-refractivity contribution is 0.214. The molecule has 11 aromatic rings.